The van der Waals surface area contributed by atoms with E-state index in [0.29, 0.717) is 0 Å². The summed E-state index contributed by atoms with van der Waals surface area (Å²) >= 11 is 0. The molecule has 0 saturated carbocycles. The zero-order valence-electron chi connectivity index (χ0n) is 9.91. The molecular weight excluding hydrogens is 251 g/mol. The smallest absolute Gasteiger partial charge is 0.390 e. The van der Waals surface area contributed by atoms with Crippen molar-refractivity contribution in [3.63, 3.8) is 0 Å². The number of ether oxygens (including phenoxy) is 2. The molecule has 1 rings (SSSR count). The lowest BCUT2D eigenvalue weighted by atomic mass is 10.0. The Morgan fingerprint density at radius 2 is 1.67 bits per heavy atom. The fraction of sp³-hybridized carbons (Fsp3) is 0.455. The van der Waals surface area contributed by atoms with Crippen LogP contribution in [0.15, 0.2) is 12.1 Å². The van der Waals surface area contributed by atoms with Crippen molar-refractivity contribution in [3.05, 3.63) is 17.7 Å². The average Bonchev–Trinajstić information content (AvgIpc) is 2.24. The first kappa shape index (κ1) is 14.4. The molecule has 7 heteroatoms. The first-order valence-corrected chi connectivity index (χ1v) is 5.05. The summed E-state index contributed by atoms with van der Waals surface area (Å²) in [4.78, 5) is 0. The molecule has 0 aromatic heterocycles. The summed E-state index contributed by atoms with van der Waals surface area (Å²) in [7, 11) is 2.55. The van der Waals surface area contributed by atoms with Gasteiger partial charge in [0.2, 0.25) is 0 Å². The van der Waals surface area contributed by atoms with Gasteiger partial charge in [-0.05, 0) is 0 Å². The number of rotatable bonds is 4. The van der Waals surface area contributed by atoms with Gasteiger partial charge in [-0.25, -0.2) is 0 Å². The Morgan fingerprint density at radius 3 is 2.00 bits per heavy atom. The van der Waals surface area contributed by atoms with Crippen molar-refractivity contribution in [1.82, 2.24) is 0 Å². The number of hydrogen-bond acceptors (Lipinski definition) is 4. The topological polar surface area (TPSA) is 64.7 Å². The molecule has 0 saturated heterocycles. The molecule has 102 valence electrons. The molecule has 0 unspecified atom stereocenters. The highest BCUT2D eigenvalue weighted by atomic mass is 19.4. The van der Waals surface area contributed by atoms with Crippen molar-refractivity contribution in [1.29, 1.82) is 0 Å². The van der Waals surface area contributed by atoms with E-state index in [0.717, 1.165) is 0 Å². The van der Waals surface area contributed by atoms with Gasteiger partial charge in [0.1, 0.15) is 17.2 Å². The number of methoxy groups -OCH3 is 2. The number of aromatic hydroxyl groups is 1. The van der Waals surface area contributed by atoms with Gasteiger partial charge in [-0.2, -0.15) is 13.2 Å². The summed E-state index contributed by atoms with van der Waals surface area (Å²) in [5.41, 5.74) is 5.60. The second-order valence-electron chi connectivity index (χ2n) is 3.69. The van der Waals surface area contributed by atoms with Crippen molar-refractivity contribution in [3.8, 4) is 17.2 Å². The normalized spacial score (nSPS) is 13.2. The molecule has 0 aliphatic rings. The first-order valence-electron chi connectivity index (χ1n) is 5.05. The second kappa shape index (κ2) is 5.34. The van der Waals surface area contributed by atoms with E-state index in [9.17, 15) is 18.3 Å². The van der Waals surface area contributed by atoms with Crippen LogP contribution in [0, 0.1) is 0 Å². The Morgan fingerprint density at radius 1 is 1.22 bits per heavy atom. The standard InChI is InChI=1S/C11H14F3NO3/c1-17-8-3-6(16)4-9(18-2)10(8)7(15)5-11(12,13)14/h3-4,7,16H,5,15H2,1-2H3/t7-/m1/s1. The van der Waals surface area contributed by atoms with Crippen LogP contribution in [0.25, 0.3) is 0 Å². The highest BCUT2D eigenvalue weighted by Gasteiger charge is 2.33. The zero-order chi connectivity index (χ0) is 13.9. The van der Waals surface area contributed by atoms with Crippen LogP contribution in [0.5, 0.6) is 17.2 Å². The van der Waals surface area contributed by atoms with Crippen molar-refractivity contribution >= 4 is 0 Å². The minimum atomic E-state index is -4.40. The van der Waals surface area contributed by atoms with Crippen molar-refractivity contribution in [2.75, 3.05) is 14.2 Å². The van der Waals surface area contributed by atoms with Crippen LogP contribution in [0.2, 0.25) is 0 Å². The van der Waals surface area contributed by atoms with Gasteiger partial charge in [0, 0.05) is 18.2 Å². The van der Waals surface area contributed by atoms with E-state index in [1.54, 1.807) is 0 Å². The van der Waals surface area contributed by atoms with E-state index >= 15 is 0 Å². The lowest BCUT2D eigenvalue weighted by Gasteiger charge is -2.20. The number of phenolic OH excluding ortho intramolecular Hbond substituents is 1. The SMILES string of the molecule is COc1cc(O)cc(OC)c1[C@H](N)CC(F)(F)F. The van der Waals surface area contributed by atoms with Crippen LogP contribution in [-0.4, -0.2) is 25.5 Å². The Hall–Kier alpha value is -1.63. The highest BCUT2D eigenvalue weighted by Crippen LogP contribution is 2.40. The summed E-state index contributed by atoms with van der Waals surface area (Å²) in [6.07, 6.45) is -5.60. The van der Waals surface area contributed by atoms with Crippen LogP contribution < -0.4 is 15.2 Å². The molecular formula is C11H14F3NO3. The van der Waals surface area contributed by atoms with Gasteiger partial charge in [0.25, 0.3) is 0 Å². The van der Waals surface area contributed by atoms with Gasteiger partial charge in [-0.3, -0.25) is 0 Å². The van der Waals surface area contributed by atoms with E-state index in [1.807, 2.05) is 0 Å². The molecule has 0 bridgehead atoms. The second-order valence-corrected chi connectivity index (χ2v) is 3.69. The van der Waals surface area contributed by atoms with Gasteiger partial charge in [0.05, 0.1) is 26.2 Å². The zero-order valence-corrected chi connectivity index (χ0v) is 9.91. The van der Waals surface area contributed by atoms with Gasteiger partial charge in [-0.1, -0.05) is 0 Å². The first-order chi connectivity index (χ1) is 8.28. The summed E-state index contributed by atoms with van der Waals surface area (Å²) < 4.78 is 46.8. The van der Waals surface area contributed by atoms with Crippen molar-refractivity contribution in [2.24, 2.45) is 5.73 Å². The molecule has 3 N–H and O–H groups in total. The number of hydrogen-bond donors (Lipinski definition) is 2. The van der Waals surface area contributed by atoms with Gasteiger partial charge in [-0.15, -0.1) is 0 Å². The Bertz CT molecular complexity index is 395. The summed E-state index contributed by atoms with van der Waals surface area (Å²) in [6, 6.07) is 1.05. The van der Waals surface area contributed by atoms with E-state index in [-0.39, 0.29) is 22.8 Å². The van der Waals surface area contributed by atoms with E-state index in [4.69, 9.17) is 15.2 Å². The van der Waals surface area contributed by atoms with Crippen LogP contribution in [0.4, 0.5) is 13.2 Å². The molecule has 4 nitrogen and oxygen atoms in total. The van der Waals surface area contributed by atoms with Crippen LogP contribution in [-0.2, 0) is 0 Å². The molecule has 0 fully saturated rings. The minimum Gasteiger partial charge on any atom is -0.508 e. The number of benzene rings is 1. The lowest BCUT2D eigenvalue weighted by molar-refractivity contribution is -0.138. The number of nitrogens with two attached hydrogens (primary N) is 1. The number of phenols is 1. The fourth-order valence-electron chi connectivity index (χ4n) is 1.64. The van der Waals surface area contributed by atoms with Crippen molar-refractivity contribution < 1.29 is 27.8 Å². The highest BCUT2D eigenvalue weighted by molar-refractivity contribution is 5.51. The Kier molecular flexibility index (Phi) is 4.28. The summed E-state index contributed by atoms with van der Waals surface area (Å²) in [6.45, 7) is 0. The molecule has 0 radical (unpaired) electrons. The minimum absolute atomic E-state index is 0.0589. The third-order valence-electron chi connectivity index (χ3n) is 2.35. The van der Waals surface area contributed by atoms with Crippen LogP contribution in [0.1, 0.15) is 18.0 Å². The molecule has 1 atom stereocenters. The molecule has 0 spiro atoms. The molecule has 0 aliphatic carbocycles. The average molecular weight is 265 g/mol. The predicted octanol–water partition coefficient (Wildman–Crippen LogP) is 2.36. The maximum absolute atomic E-state index is 12.3. The van der Waals surface area contributed by atoms with Crippen molar-refractivity contribution in [2.45, 2.75) is 18.6 Å². The predicted molar refractivity (Wildman–Crippen MR) is 58.8 cm³/mol. The maximum atomic E-state index is 12.3. The molecule has 0 aliphatic heterocycles. The molecule has 18 heavy (non-hydrogen) atoms. The number of alkyl halides is 3. The monoisotopic (exact) mass is 265 g/mol. The third kappa shape index (κ3) is 3.43. The van der Waals surface area contributed by atoms with E-state index < -0.39 is 18.6 Å². The quantitative estimate of drug-likeness (QED) is 0.877. The molecule has 0 heterocycles. The van der Waals surface area contributed by atoms with E-state index in [1.165, 1.54) is 26.4 Å². The third-order valence-corrected chi connectivity index (χ3v) is 2.35. The molecule has 1 aromatic rings. The van der Waals surface area contributed by atoms with E-state index in [2.05, 4.69) is 0 Å². The Balaban J connectivity index is 3.20. The van der Waals surface area contributed by atoms with Gasteiger partial charge < -0.3 is 20.3 Å². The summed E-state index contributed by atoms with van der Waals surface area (Å²) in [5.74, 6) is -0.0566. The van der Waals surface area contributed by atoms with Crippen LogP contribution >= 0.6 is 0 Å². The summed E-state index contributed by atoms with van der Waals surface area (Å²) in [5, 5.41) is 9.37. The number of halogens is 3. The fourth-order valence-corrected chi connectivity index (χ4v) is 1.64. The molecule has 0 amide bonds. The van der Waals surface area contributed by atoms with Gasteiger partial charge in [0.15, 0.2) is 0 Å². The van der Waals surface area contributed by atoms with Gasteiger partial charge >= 0.3 is 6.18 Å². The Labute approximate surface area is 102 Å². The lowest BCUT2D eigenvalue weighted by Crippen LogP contribution is -2.21. The largest absolute Gasteiger partial charge is 0.508 e. The van der Waals surface area contributed by atoms with Crippen LogP contribution in [0.3, 0.4) is 0 Å². The molecule has 1 aromatic carbocycles. The maximum Gasteiger partial charge on any atom is 0.390 e.